The topological polar surface area (TPSA) is 58.6 Å². The number of amides is 2. The van der Waals surface area contributed by atoms with Crippen molar-refractivity contribution >= 4 is 40.4 Å². The van der Waals surface area contributed by atoms with E-state index in [1.54, 1.807) is 30.3 Å². The maximum atomic E-state index is 13.6. The van der Waals surface area contributed by atoms with Gasteiger partial charge in [-0.3, -0.25) is 9.59 Å². The minimum atomic E-state index is -0.407. The smallest absolute Gasteiger partial charge is 0.282 e. The van der Waals surface area contributed by atoms with Gasteiger partial charge in [-0.05, 0) is 67.3 Å². The highest BCUT2D eigenvalue weighted by atomic mass is 35.5. The molecule has 1 aliphatic rings. The van der Waals surface area contributed by atoms with Crippen molar-refractivity contribution in [1.82, 2.24) is 0 Å². The third-order valence-corrected chi connectivity index (χ3v) is 5.75. The van der Waals surface area contributed by atoms with Crippen LogP contribution in [0.5, 0.6) is 5.75 Å². The Hall–Kier alpha value is -3.57. The van der Waals surface area contributed by atoms with Crippen LogP contribution in [0, 0.1) is 13.8 Å². The molecule has 1 aliphatic heterocycles. The molecule has 6 heteroatoms. The number of anilines is 2. The van der Waals surface area contributed by atoms with Crippen LogP contribution in [0.3, 0.4) is 0 Å². The van der Waals surface area contributed by atoms with E-state index in [1.165, 1.54) is 4.90 Å². The number of para-hydroxylation sites is 1. The second kappa shape index (κ2) is 9.51. The van der Waals surface area contributed by atoms with Gasteiger partial charge >= 0.3 is 0 Å². The highest BCUT2D eigenvalue weighted by Gasteiger charge is 2.40. The van der Waals surface area contributed by atoms with E-state index in [9.17, 15) is 9.59 Å². The van der Waals surface area contributed by atoms with Crippen molar-refractivity contribution in [3.63, 3.8) is 0 Å². The Morgan fingerprint density at radius 1 is 0.909 bits per heavy atom. The summed E-state index contributed by atoms with van der Waals surface area (Å²) in [5.41, 5.74) is 4.14. The van der Waals surface area contributed by atoms with Crippen LogP contribution < -0.4 is 15.0 Å². The maximum Gasteiger partial charge on any atom is 0.282 e. The summed E-state index contributed by atoms with van der Waals surface area (Å²) in [6.07, 6.45) is 0.901. The van der Waals surface area contributed by atoms with Crippen molar-refractivity contribution in [2.24, 2.45) is 0 Å². The molecule has 0 aliphatic carbocycles. The molecule has 1 heterocycles. The number of hydrogen-bond donors (Lipinski definition) is 1. The zero-order chi connectivity index (χ0) is 23.5. The molecule has 0 aromatic heterocycles. The predicted molar refractivity (Wildman–Crippen MR) is 133 cm³/mol. The van der Waals surface area contributed by atoms with Crippen molar-refractivity contribution in [2.45, 2.75) is 27.2 Å². The second-order valence-corrected chi connectivity index (χ2v) is 8.38. The minimum Gasteiger partial charge on any atom is -0.494 e. The van der Waals surface area contributed by atoms with Gasteiger partial charge in [0.05, 0.1) is 17.9 Å². The van der Waals surface area contributed by atoms with E-state index in [1.807, 2.05) is 57.2 Å². The van der Waals surface area contributed by atoms with E-state index < -0.39 is 5.91 Å². The van der Waals surface area contributed by atoms with E-state index in [4.69, 9.17) is 16.3 Å². The summed E-state index contributed by atoms with van der Waals surface area (Å²) < 4.78 is 5.67. The van der Waals surface area contributed by atoms with Gasteiger partial charge < -0.3 is 10.1 Å². The van der Waals surface area contributed by atoms with Gasteiger partial charge in [-0.1, -0.05) is 54.9 Å². The lowest BCUT2D eigenvalue weighted by Crippen LogP contribution is -2.33. The Labute approximate surface area is 198 Å². The molecule has 4 rings (SSSR count). The van der Waals surface area contributed by atoms with E-state index in [0.29, 0.717) is 39.9 Å². The summed E-state index contributed by atoms with van der Waals surface area (Å²) in [5, 5.41) is 3.74. The van der Waals surface area contributed by atoms with E-state index in [0.717, 1.165) is 17.5 Å². The van der Waals surface area contributed by atoms with Crippen molar-refractivity contribution in [3.05, 3.63) is 94.1 Å². The molecule has 3 aromatic rings. The Morgan fingerprint density at radius 3 is 2.33 bits per heavy atom. The van der Waals surface area contributed by atoms with Crippen LogP contribution in [0.2, 0.25) is 5.02 Å². The summed E-state index contributed by atoms with van der Waals surface area (Å²) in [5.74, 6) is -0.0670. The van der Waals surface area contributed by atoms with Gasteiger partial charge in [-0.25, -0.2) is 4.90 Å². The lowest BCUT2D eigenvalue weighted by molar-refractivity contribution is -0.120. The monoisotopic (exact) mass is 460 g/mol. The predicted octanol–water partition coefficient (Wildman–Crippen LogP) is 6.14. The summed E-state index contributed by atoms with van der Waals surface area (Å²) in [7, 11) is 0. The van der Waals surface area contributed by atoms with Gasteiger partial charge in [-0.15, -0.1) is 0 Å². The second-order valence-electron chi connectivity index (χ2n) is 7.94. The molecule has 2 amide bonds. The first-order valence-corrected chi connectivity index (χ1v) is 11.2. The number of ether oxygens (including phenoxy) is 1. The molecular formula is C27H25ClN2O3. The summed E-state index contributed by atoms with van der Waals surface area (Å²) in [6.45, 7) is 6.44. The molecule has 0 radical (unpaired) electrons. The number of nitrogens with one attached hydrogen (secondary N) is 1. The molecule has 0 spiro atoms. The Bertz CT molecular complexity index is 1250. The van der Waals surface area contributed by atoms with Crippen LogP contribution in [0.1, 0.15) is 30.0 Å². The molecule has 33 heavy (non-hydrogen) atoms. The van der Waals surface area contributed by atoms with Crippen LogP contribution in [0.25, 0.3) is 5.57 Å². The van der Waals surface area contributed by atoms with Crippen LogP contribution in [0.15, 0.2) is 72.4 Å². The van der Waals surface area contributed by atoms with Crippen LogP contribution >= 0.6 is 11.6 Å². The van der Waals surface area contributed by atoms with E-state index in [2.05, 4.69) is 5.32 Å². The molecule has 0 bridgehead atoms. The summed E-state index contributed by atoms with van der Waals surface area (Å²) >= 11 is 6.19. The van der Waals surface area contributed by atoms with E-state index in [-0.39, 0.29) is 11.6 Å². The first kappa shape index (κ1) is 22.6. The summed E-state index contributed by atoms with van der Waals surface area (Å²) in [4.78, 5) is 28.4. The van der Waals surface area contributed by atoms with Gasteiger partial charge in [0.25, 0.3) is 11.8 Å². The lowest BCUT2D eigenvalue weighted by Gasteiger charge is -2.18. The largest absolute Gasteiger partial charge is 0.494 e. The van der Waals surface area contributed by atoms with E-state index >= 15 is 0 Å². The Balaban J connectivity index is 1.81. The van der Waals surface area contributed by atoms with Crippen molar-refractivity contribution in [1.29, 1.82) is 0 Å². The first-order chi connectivity index (χ1) is 15.9. The third-order valence-electron chi connectivity index (χ3n) is 5.52. The molecule has 0 atom stereocenters. The average Bonchev–Trinajstić information content (AvgIpc) is 3.05. The van der Waals surface area contributed by atoms with Gasteiger partial charge in [0.2, 0.25) is 0 Å². The highest BCUT2D eigenvalue weighted by Crippen LogP contribution is 2.36. The fraction of sp³-hybridized carbons (Fsp3) is 0.185. The van der Waals surface area contributed by atoms with Gasteiger partial charge in [0.15, 0.2) is 0 Å². The number of aryl methyl sites for hydroxylation is 2. The molecule has 0 fully saturated rings. The maximum absolute atomic E-state index is 13.6. The number of carbonyl (C=O) groups excluding carboxylic acids is 2. The number of hydrogen-bond acceptors (Lipinski definition) is 4. The fourth-order valence-electron chi connectivity index (χ4n) is 3.75. The SMILES string of the molecule is CCCOc1ccc(C2=C(Nc3cc(Cl)ccc3C)C(=O)N(c3ccccc3C)C2=O)cc1. The molecule has 1 N–H and O–H groups in total. The lowest BCUT2D eigenvalue weighted by atomic mass is 10.0. The summed E-state index contributed by atoms with van der Waals surface area (Å²) in [6, 6.07) is 20.0. The van der Waals surface area contributed by atoms with Crippen LogP contribution in [0.4, 0.5) is 11.4 Å². The number of imide groups is 1. The first-order valence-electron chi connectivity index (χ1n) is 10.9. The Kier molecular flexibility index (Phi) is 6.52. The molecule has 3 aromatic carbocycles. The highest BCUT2D eigenvalue weighted by molar-refractivity contribution is 6.46. The van der Waals surface area contributed by atoms with Crippen LogP contribution in [-0.2, 0) is 9.59 Å². The quantitative estimate of drug-likeness (QED) is 0.430. The van der Waals surface area contributed by atoms with Crippen molar-refractivity contribution in [2.75, 3.05) is 16.8 Å². The zero-order valence-corrected chi connectivity index (χ0v) is 19.6. The molecular weight excluding hydrogens is 436 g/mol. The number of nitrogens with zero attached hydrogens (tertiary/aromatic N) is 1. The van der Waals surface area contributed by atoms with Crippen molar-refractivity contribution in [3.8, 4) is 5.75 Å². The molecule has 0 saturated heterocycles. The minimum absolute atomic E-state index is 0.218. The number of rotatable bonds is 7. The number of halogens is 1. The third kappa shape index (κ3) is 4.50. The molecule has 0 saturated carbocycles. The van der Waals surface area contributed by atoms with Gasteiger partial charge in [0.1, 0.15) is 11.4 Å². The fourth-order valence-corrected chi connectivity index (χ4v) is 3.92. The number of benzene rings is 3. The standard InChI is InChI=1S/C27H25ClN2O3/c1-4-15-33-21-13-10-19(11-14-21)24-25(29-22-16-20(28)12-9-17(22)2)27(32)30(26(24)31)23-8-6-5-7-18(23)3/h5-14,16,29H,4,15H2,1-3H3. The van der Waals surface area contributed by atoms with Gasteiger partial charge in [-0.2, -0.15) is 0 Å². The van der Waals surface area contributed by atoms with Gasteiger partial charge in [0, 0.05) is 10.7 Å². The Morgan fingerprint density at radius 2 is 1.64 bits per heavy atom. The molecule has 5 nitrogen and oxygen atoms in total. The van der Waals surface area contributed by atoms with Crippen LogP contribution in [-0.4, -0.2) is 18.4 Å². The van der Waals surface area contributed by atoms with Crippen molar-refractivity contribution < 1.29 is 14.3 Å². The molecule has 168 valence electrons. The zero-order valence-electron chi connectivity index (χ0n) is 18.8. The average molecular weight is 461 g/mol. The normalized spacial score (nSPS) is 13.6. The number of carbonyl (C=O) groups is 2. The molecule has 0 unspecified atom stereocenters.